The van der Waals surface area contributed by atoms with Gasteiger partial charge in [-0.3, -0.25) is 19.3 Å². The van der Waals surface area contributed by atoms with Crippen LogP contribution in [-0.4, -0.2) is 60.7 Å². The summed E-state index contributed by atoms with van der Waals surface area (Å²) in [6.07, 6.45) is 1.85. The molecule has 0 bridgehead atoms. The van der Waals surface area contributed by atoms with E-state index < -0.39 is 0 Å². The Labute approximate surface area is 141 Å². The van der Waals surface area contributed by atoms with E-state index in [4.69, 9.17) is 0 Å². The van der Waals surface area contributed by atoms with Crippen molar-refractivity contribution in [2.45, 2.75) is 18.9 Å². The highest BCUT2D eigenvalue weighted by molar-refractivity contribution is 6.21. The minimum absolute atomic E-state index is 0. The maximum Gasteiger partial charge on any atom is 0.261 e. The summed E-state index contributed by atoms with van der Waals surface area (Å²) < 4.78 is 0. The summed E-state index contributed by atoms with van der Waals surface area (Å²) in [5, 5.41) is 3.23. The van der Waals surface area contributed by atoms with Gasteiger partial charge in [0.15, 0.2) is 0 Å². The average Bonchev–Trinajstić information content (AvgIpc) is 2.78. The number of likely N-dealkylation sites (tertiary alicyclic amines) is 1. The maximum absolute atomic E-state index is 12.6. The van der Waals surface area contributed by atoms with Crippen LogP contribution >= 0.6 is 12.4 Å². The van der Waals surface area contributed by atoms with Crippen molar-refractivity contribution in [3.05, 3.63) is 34.9 Å². The summed E-state index contributed by atoms with van der Waals surface area (Å²) >= 11 is 0. The summed E-state index contributed by atoms with van der Waals surface area (Å²) in [7, 11) is 3.39. The van der Waals surface area contributed by atoms with Crippen LogP contribution in [-0.2, 0) is 0 Å². The van der Waals surface area contributed by atoms with Gasteiger partial charge in [-0.05, 0) is 38.1 Å². The third-order valence-corrected chi connectivity index (χ3v) is 4.53. The van der Waals surface area contributed by atoms with Gasteiger partial charge < -0.3 is 10.2 Å². The summed E-state index contributed by atoms with van der Waals surface area (Å²) in [5.74, 6) is -0.732. The first kappa shape index (κ1) is 17.4. The lowest BCUT2D eigenvalue weighted by Gasteiger charge is -2.31. The number of hydrogen-bond donors (Lipinski definition) is 1. The van der Waals surface area contributed by atoms with E-state index in [1.54, 1.807) is 23.1 Å². The van der Waals surface area contributed by atoms with E-state index in [2.05, 4.69) is 5.32 Å². The molecule has 124 valence electrons. The highest BCUT2D eigenvalue weighted by Crippen LogP contribution is 2.24. The van der Waals surface area contributed by atoms with Crippen molar-refractivity contribution in [3.8, 4) is 0 Å². The molecule has 2 aliphatic rings. The Balaban J connectivity index is 0.00000192. The number of nitrogens with one attached hydrogen (secondary N) is 1. The number of hydrogen-bond acceptors (Lipinski definition) is 4. The van der Waals surface area contributed by atoms with Crippen LogP contribution in [0.15, 0.2) is 18.2 Å². The fraction of sp³-hybridized carbons (Fsp3) is 0.438. The molecule has 3 rings (SSSR count). The number of halogens is 1. The largest absolute Gasteiger partial charge is 0.339 e. The number of amides is 3. The van der Waals surface area contributed by atoms with E-state index in [9.17, 15) is 14.4 Å². The van der Waals surface area contributed by atoms with Crippen molar-refractivity contribution in [3.63, 3.8) is 0 Å². The molecule has 0 aromatic heterocycles. The number of rotatable bonds is 2. The number of carbonyl (C=O) groups excluding carboxylic acids is 3. The van der Waals surface area contributed by atoms with Crippen LogP contribution in [0.25, 0.3) is 0 Å². The van der Waals surface area contributed by atoms with Crippen LogP contribution in [0.4, 0.5) is 0 Å². The van der Waals surface area contributed by atoms with E-state index in [1.807, 2.05) is 7.05 Å². The second-order valence-corrected chi connectivity index (χ2v) is 5.78. The van der Waals surface area contributed by atoms with Gasteiger partial charge in [0.05, 0.1) is 11.1 Å². The molecule has 1 fully saturated rings. The second-order valence-electron chi connectivity index (χ2n) is 5.78. The Bertz CT molecular complexity index is 654. The molecule has 23 heavy (non-hydrogen) atoms. The van der Waals surface area contributed by atoms with E-state index in [-0.39, 0.29) is 30.1 Å². The highest BCUT2D eigenvalue weighted by Gasteiger charge is 2.33. The van der Waals surface area contributed by atoms with E-state index in [0.29, 0.717) is 35.8 Å². The van der Waals surface area contributed by atoms with E-state index >= 15 is 0 Å². The molecule has 0 aliphatic carbocycles. The Morgan fingerprint density at radius 1 is 1.13 bits per heavy atom. The minimum Gasteiger partial charge on any atom is -0.339 e. The Morgan fingerprint density at radius 3 is 2.35 bits per heavy atom. The molecular formula is C16H20ClN3O3. The van der Waals surface area contributed by atoms with Crippen LogP contribution in [0.3, 0.4) is 0 Å². The summed E-state index contributed by atoms with van der Waals surface area (Å²) in [6, 6.07) is 5.21. The van der Waals surface area contributed by atoms with Gasteiger partial charge in [-0.2, -0.15) is 0 Å². The fourth-order valence-electron chi connectivity index (χ4n) is 3.05. The lowest BCUT2D eigenvalue weighted by Crippen LogP contribution is -2.44. The molecule has 0 saturated carbocycles. The van der Waals surface area contributed by atoms with Gasteiger partial charge in [-0.25, -0.2) is 0 Å². The molecule has 7 heteroatoms. The van der Waals surface area contributed by atoms with Crippen LogP contribution in [0.1, 0.15) is 43.9 Å². The van der Waals surface area contributed by atoms with Crippen molar-refractivity contribution in [1.29, 1.82) is 0 Å². The molecule has 2 aliphatic heterocycles. The number of imide groups is 1. The molecule has 1 N–H and O–H groups in total. The summed E-state index contributed by atoms with van der Waals surface area (Å²) in [4.78, 5) is 39.3. The third kappa shape index (κ3) is 2.96. The number of benzene rings is 1. The SMILES string of the molecule is CNC1CCN(C(=O)c2ccc3c(c2)C(=O)N(C)C3=O)CC1.Cl. The first-order chi connectivity index (χ1) is 10.5. The Hall–Kier alpha value is -1.92. The van der Waals surface area contributed by atoms with Crippen LogP contribution in [0.5, 0.6) is 0 Å². The molecule has 1 aromatic rings. The van der Waals surface area contributed by atoms with Crippen molar-refractivity contribution in [2.75, 3.05) is 27.2 Å². The molecule has 1 saturated heterocycles. The first-order valence-corrected chi connectivity index (χ1v) is 7.46. The second kappa shape index (κ2) is 6.68. The van der Waals surface area contributed by atoms with Gasteiger partial charge in [0, 0.05) is 31.7 Å². The molecule has 2 heterocycles. The summed E-state index contributed by atoms with van der Waals surface area (Å²) in [6.45, 7) is 1.41. The van der Waals surface area contributed by atoms with Crippen LogP contribution in [0.2, 0.25) is 0 Å². The average molecular weight is 338 g/mol. The van der Waals surface area contributed by atoms with Gasteiger partial charge in [0.1, 0.15) is 0 Å². The fourth-order valence-corrected chi connectivity index (χ4v) is 3.05. The third-order valence-electron chi connectivity index (χ3n) is 4.53. The van der Waals surface area contributed by atoms with Gasteiger partial charge >= 0.3 is 0 Å². The Kier molecular flexibility index (Phi) is 5.06. The van der Waals surface area contributed by atoms with Gasteiger partial charge in [0.2, 0.25) is 0 Å². The molecule has 3 amide bonds. The van der Waals surface area contributed by atoms with Crippen molar-refractivity contribution >= 4 is 30.1 Å². The lowest BCUT2D eigenvalue weighted by molar-refractivity contribution is 0.0690. The highest BCUT2D eigenvalue weighted by atomic mass is 35.5. The first-order valence-electron chi connectivity index (χ1n) is 7.46. The normalized spacial score (nSPS) is 18.0. The van der Waals surface area contributed by atoms with Crippen LogP contribution in [0, 0.1) is 0 Å². The lowest BCUT2D eigenvalue weighted by atomic mass is 10.0. The zero-order chi connectivity index (χ0) is 15.9. The van der Waals surface area contributed by atoms with E-state index in [1.165, 1.54) is 7.05 Å². The zero-order valence-electron chi connectivity index (χ0n) is 13.2. The quantitative estimate of drug-likeness (QED) is 0.822. The van der Waals surface area contributed by atoms with Crippen LogP contribution < -0.4 is 5.32 Å². The molecule has 1 aromatic carbocycles. The molecule has 0 atom stereocenters. The van der Waals surface area contributed by atoms with Crippen molar-refractivity contribution < 1.29 is 14.4 Å². The molecule has 0 unspecified atom stereocenters. The van der Waals surface area contributed by atoms with Gasteiger partial charge in [0.25, 0.3) is 17.7 Å². The minimum atomic E-state index is -0.344. The number of fused-ring (bicyclic) bond motifs is 1. The number of nitrogens with zero attached hydrogens (tertiary/aromatic N) is 2. The van der Waals surface area contributed by atoms with E-state index in [0.717, 1.165) is 17.7 Å². The molecule has 6 nitrogen and oxygen atoms in total. The predicted molar refractivity (Wildman–Crippen MR) is 88.1 cm³/mol. The predicted octanol–water partition coefficient (Wildman–Crippen LogP) is 1.16. The van der Waals surface area contributed by atoms with Crippen molar-refractivity contribution in [2.24, 2.45) is 0 Å². The summed E-state index contributed by atoms with van der Waals surface area (Å²) in [5.41, 5.74) is 1.17. The molecule has 0 radical (unpaired) electrons. The topological polar surface area (TPSA) is 69.7 Å². The standard InChI is InChI=1S/C16H19N3O3.ClH/c1-17-11-5-7-19(8-6-11)14(20)10-3-4-12-13(9-10)16(22)18(2)15(12)21;/h3-4,9,11,17H,5-8H2,1-2H3;1H. The monoisotopic (exact) mass is 337 g/mol. The van der Waals surface area contributed by atoms with Crippen molar-refractivity contribution in [1.82, 2.24) is 15.1 Å². The Morgan fingerprint density at radius 2 is 1.74 bits per heavy atom. The smallest absolute Gasteiger partial charge is 0.261 e. The molecular weight excluding hydrogens is 318 g/mol. The van der Waals surface area contributed by atoms with Gasteiger partial charge in [-0.1, -0.05) is 0 Å². The molecule has 0 spiro atoms. The van der Waals surface area contributed by atoms with Gasteiger partial charge in [-0.15, -0.1) is 12.4 Å². The maximum atomic E-state index is 12.6. The number of carbonyl (C=O) groups is 3. The number of piperidine rings is 1. The zero-order valence-corrected chi connectivity index (χ0v) is 14.0.